The molecule has 7 nitrogen and oxygen atoms in total. The van der Waals surface area contributed by atoms with E-state index in [0.29, 0.717) is 43.0 Å². The first-order valence-electron chi connectivity index (χ1n) is 16.6. The van der Waals surface area contributed by atoms with Crippen molar-refractivity contribution in [2.24, 2.45) is 40.0 Å². The van der Waals surface area contributed by atoms with Crippen molar-refractivity contribution in [3.8, 4) is 0 Å². The maximum atomic E-state index is 17.8. The molecule has 0 bridgehead atoms. The average molecular weight is 645 g/mol. The number of ketones is 1. The van der Waals surface area contributed by atoms with Crippen molar-refractivity contribution in [3.05, 3.63) is 41.5 Å². The third-order valence-corrected chi connectivity index (χ3v) is 12.4. The molecule has 250 valence electrons. The number of ether oxygens (including phenoxy) is 1. The van der Waals surface area contributed by atoms with Crippen LogP contribution in [0.15, 0.2) is 40.9 Å². The van der Waals surface area contributed by atoms with Gasteiger partial charge in [0.1, 0.15) is 18.4 Å². The normalized spacial score (nSPS) is 34.2. The Bertz CT molecular complexity index is 1270. The van der Waals surface area contributed by atoms with E-state index in [2.05, 4.69) is 38.4 Å². The maximum absolute atomic E-state index is 17.8. The lowest BCUT2D eigenvalue weighted by molar-refractivity contribution is -0.193. The standard InChI is InChI=1S/C36H53FN2O5S/c1-8-27(45-7)19-38-34(43)24-9-12-26(13-10-24)39-30-17-25-11-14-29-28(15-22(3)33(44-6)31(41)20-40)21(2)16-32(42)36(29,37)35(25,5)18-23(30)4/h9-10,12-13,17,21-23,27-29,32-33,40,42H,8,11,14-16,18-20H2,1-7H3,(H,38,43)/t21-,22-,23-,27?,28-,29?,32+,33?,35-,36+/m1/s1. The van der Waals surface area contributed by atoms with Gasteiger partial charge in [-0.3, -0.25) is 14.6 Å². The van der Waals surface area contributed by atoms with Gasteiger partial charge in [-0.05, 0) is 105 Å². The van der Waals surface area contributed by atoms with Crippen LogP contribution in [0.3, 0.4) is 0 Å². The van der Waals surface area contributed by atoms with E-state index in [0.717, 1.165) is 29.8 Å². The van der Waals surface area contributed by atoms with Crippen LogP contribution < -0.4 is 5.32 Å². The number of aliphatic hydroxyl groups excluding tert-OH is 2. The maximum Gasteiger partial charge on any atom is 0.251 e. The first kappa shape index (κ1) is 35.8. The van der Waals surface area contributed by atoms with Gasteiger partial charge in [0.05, 0.1) is 11.8 Å². The van der Waals surface area contributed by atoms with Gasteiger partial charge in [-0.2, -0.15) is 11.8 Å². The van der Waals surface area contributed by atoms with Gasteiger partial charge in [0.25, 0.3) is 5.91 Å². The summed E-state index contributed by atoms with van der Waals surface area (Å²) < 4.78 is 23.3. The van der Waals surface area contributed by atoms with Crippen LogP contribution in [0.1, 0.15) is 83.5 Å². The van der Waals surface area contributed by atoms with Crippen molar-refractivity contribution in [2.45, 2.75) is 96.3 Å². The van der Waals surface area contributed by atoms with Gasteiger partial charge in [0.2, 0.25) is 0 Å². The summed E-state index contributed by atoms with van der Waals surface area (Å²) in [6, 6.07) is 7.30. The van der Waals surface area contributed by atoms with E-state index >= 15 is 4.39 Å². The van der Waals surface area contributed by atoms with Crippen LogP contribution in [0.2, 0.25) is 0 Å². The largest absolute Gasteiger partial charge is 0.390 e. The molecule has 0 radical (unpaired) electrons. The Labute approximate surface area is 272 Å². The number of methoxy groups -OCH3 is 1. The number of Topliss-reactive ketones (excluding diaryl/α,β-unsaturated/α-hetero) is 1. The fourth-order valence-corrected chi connectivity index (χ4v) is 9.23. The average Bonchev–Trinajstić information content (AvgIpc) is 3.01. The molecular formula is C36H53FN2O5S. The third kappa shape index (κ3) is 6.97. The number of aliphatic imine (C=N–C) groups is 1. The molecule has 10 atom stereocenters. The van der Waals surface area contributed by atoms with Gasteiger partial charge in [-0.25, -0.2) is 4.39 Å². The van der Waals surface area contributed by atoms with Crippen LogP contribution in [0.4, 0.5) is 10.1 Å². The van der Waals surface area contributed by atoms with Crippen LogP contribution in [-0.2, 0) is 9.53 Å². The van der Waals surface area contributed by atoms with E-state index in [1.54, 1.807) is 23.9 Å². The number of fused-ring (bicyclic) bond motifs is 3. The summed E-state index contributed by atoms with van der Waals surface area (Å²) in [5.74, 6) is -0.953. The molecule has 3 aliphatic rings. The van der Waals surface area contributed by atoms with Crippen molar-refractivity contribution >= 4 is 34.9 Å². The highest BCUT2D eigenvalue weighted by Gasteiger charge is 2.66. The number of carbonyl (C=O) groups excluding carboxylic acids is 2. The highest BCUT2D eigenvalue weighted by molar-refractivity contribution is 7.99. The van der Waals surface area contributed by atoms with E-state index in [1.807, 2.05) is 26.0 Å². The Morgan fingerprint density at radius 3 is 2.53 bits per heavy atom. The number of nitrogens with one attached hydrogen (secondary N) is 1. The first-order valence-corrected chi connectivity index (χ1v) is 17.9. The zero-order chi connectivity index (χ0) is 33.1. The van der Waals surface area contributed by atoms with Gasteiger partial charge in [0, 0.05) is 35.6 Å². The number of nitrogens with zero attached hydrogens (tertiary/aromatic N) is 1. The fraction of sp³-hybridized carbons (Fsp3) is 0.694. The molecule has 0 aromatic heterocycles. The zero-order valence-corrected chi connectivity index (χ0v) is 28.8. The van der Waals surface area contributed by atoms with Crippen molar-refractivity contribution in [2.75, 3.05) is 26.5 Å². The van der Waals surface area contributed by atoms with Crippen molar-refractivity contribution in [3.63, 3.8) is 0 Å². The predicted molar refractivity (Wildman–Crippen MR) is 180 cm³/mol. The minimum Gasteiger partial charge on any atom is -0.390 e. The number of hydrogen-bond acceptors (Lipinski definition) is 7. The van der Waals surface area contributed by atoms with E-state index < -0.39 is 29.9 Å². The molecule has 2 fully saturated rings. The first-order chi connectivity index (χ1) is 21.3. The number of allylic oxidation sites excluding steroid dienone is 2. The van der Waals surface area contributed by atoms with Crippen LogP contribution >= 0.6 is 11.8 Å². The molecule has 1 aromatic rings. The van der Waals surface area contributed by atoms with E-state index in [1.165, 1.54) is 7.11 Å². The number of carbonyl (C=O) groups is 2. The summed E-state index contributed by atoms with van der Waals surface area (Å²) in [4.78, 5) is 29.9. The lowest BCUT2D eigenvalue weighted by Crippen LogP contribution is -2.66. The van der Waals surface area contributed by atoms with E-state index in [9.17, 15) is 19.8 Å². The number of amides is 1. The van der Waals surface area contributed by atoms with E-state index in [4.69, 9.17) is 9.73 Å². The molecule has 0 heterocycles. The Balaban J connectivity index is 1.56. The Morgan fingerprint density at radius 2 is 1.93 bits per heavy atom. The Kier molecular flexibility index (Phi) is 11.8. The zero-order valence-electron chi connectivity index (χ0n) is 28.0. The number of hydrogen-bond donors (Lipinski definition) is 3. The number of benzene rings is 1. The van der Waals surface area contributed by atoms with Gasteiger partial charge >= 0.3 is 0 Å². The highest BCUT2D eigenvalue weighted by atomic mass is 32.2. The van der Waals surface area contributed by atoms with Crippen molar-refractivity contribution < 1.29 is 28.9 Å². The van der Waals surface area contributed by atoms with E-state index in [-0.39, 0.29) is 41.3 Å². The van der Waals surface area contributed by atoms with Crippen LogP contribution in [0, 0.1) is 35.0 Å². The Hall–Kier alpha value is -2.07. The summed E-state index contributed by atoms with van der Waals surface area (Å²) in [5.41, 5.74) is 0.586. The van der Waals surface area contributed by atoms with Gasteiger partial charge in [-0.15, -0.1) is 0 Å². The molecule has 0 aliphatic heterocycles. The summed E-state index contributed by atoms with van der Waals surface area (Å²) >= 11 is 1.75. The van der Waals surface area contributed by atoms with Crippen LogP contribution in [0.5, 0.6) is 0 Å². The molecule has 1 aromatic carbocycles. The number of rotatable bonds is 12. The third-order valence-electron chi connectivity index (χ3n) is 11.2. The van der Waals surface area contributed by atoms with Crippen LogP contribution in [0.25, 0.3) is 0 Å². The van der Waals surface area contributed by atoms with Crippen LogP contribution in [-0.4, -0.2) is 77.3 Å². The minimum atomic E-state index is -1.81. The summed E-state index contributed by atoms with van der Waals surface area (Å²) in [7, 11) is 1.48. The lowest BCUT2D eigenvalue weighted by Gasteiger charge is -2.62. The number of alkyl halides is 1. The topological polar surface area (TPSA) is 108 Å². The molecular weight excluding hydrogens is 591 g/mol. The molecule has 0 spiro atoms. The molecule has 3 aliphatic carbocycles. The molecule has 3 unspecified atom stereocenters. The van der Waals surface area contributed by atoms with Crippen molar-refractivity contribution in [1.29, 1.82) is 0 Å². The second kappa shape index (κ2) is 14.8. The van der Waals surface area contributed by atoms with Gasteiger partial charge < -0.3 is 20.3 Å². The summed E-state index contributed by atoms with van der Waals surface area (Å²) in [6.07, 6.45) is 6.13. The quantitative estimate of drug-likeness (QED) is 0.245. The minimum absolute atomic E-state index is 0.0226. The molecule has 45 heavy (non-hydrogen) atoms. The van der Waals surface area contributed by atoms with Gasteiger partial charge in [0.15, 0.2) is 5.78 Å². The monoisotopic (exact) mass is 644 g/mol. The fourth-order valence-electron chi connectivity index (χ4n) is 8.65. The summed E-state index contributed by atoms with van der Waals surface area (Å²) in [5, 5.41) is 24.3. The molecule has 4 rings (SSSR count). The number of aliphatic hydroxyl groups is 2. The second-order valence-corrected chi connectivity index (χ2v) is 15.1. The predicted octanol–water partition coefficient (Wildman–Crippen LogP) is 6.34. The summed E-state index contributed by atoms with van der Waals surface area (Å²) in [6.45, 7) is 10.2. The molecule has 3 N–H and O–H groups in total. The van der Waals surface area contributed by atoms with Gasteiger partial charge in [-0.1, -0.05) is 40.2 Å². The smallest absolute Gasteiger partial charge is 0.251 e. The molecule has 9 heteroatoms. The SMILES string of the molecule is CCC(CNC(=O)c1ccc(N=C2C=C3CCC4[C@H](C[C@@H](C)C(OC)C(=O)CO)[C@H](C)C[C@H](O)[C@]4(F)[C@]3(C)C[C@H]2C)cc1)SC. The van der Waals surface area contributed by atoms with Crippen molar-refractivity contribution in [1.82, 2.24) is 5.32 Å². The molecule has 1 amide bonds. The molecule has 2 saturated carbocycles. The number of thioether (sulfide) groups is 1. The number of halogens is 1. The lowest BCUT2D eigenvalue weighted by atomic mass is 9.45. The highest BCUT2D eigenvalue weighted by Crippen LogP contribution is 2.64. The second-order valence-electron chi connectivity index (χ2n) is 14.0. The Morgan fingerprint density at radius 1 is 1.24 bits per heavy atom. The molecule has 0 saturated heterocycles.